The monoisotopic (exact) mass is 438 g/mol. The molecule has 3 aromatic heterocycles. The van der Waals surface area contributed by atoms with Gasteiger partial charge in [-0.15, -0.1) is 21.5 Å². The molecule has 0 unspecified atom stereocenters. The van der Waals surface area contributed by atoms with E-state index in [1.165, 1.54) is 10.4 Å². The van der Waals surface area contributed by atoms with Crippen molar-refractivity contribution in [2.75, 3.05) is 5.75 Å². The number of fused-ring (bicyclic) bond motifs is 5. The van der Waals surface area contributed by atoms with Gasteiger partial charge in [0.25, 0.3) is 5.56 Å². The van der Waals surface area contributed by atoms with E-state index in [4.69, 9.17) is 0 Å². The zero-order valence-corrected chi connectivity index (χ0v) is 19.2. The van der Waals surface area contributed by atoms with Gasteiger partial charge in [-0.05, 0) is 55.2 Å². The normalized spacial score (nSPS) is 16.6. The van der Waals surface area contributed by atoms with Gasteiger partial charge in [0.1, 0.15) is 4.83 Å². The molecule has 1 aliphatic rings. The molecule has 156 valence electrons. The predicted molar refractivity (Wildman–Crippen MR) is 125 cm³/mol. The molecule has 0 amide bonds. The molecule has 1 atom stereocenters. The highest BCUT2D eigenvalue weighted by atomic mass is 32.2. The molecule has 5 nitrogen and oxygen atoms in total. The number of aromatic nitrogens is 4. The number of hydrogen-bond acceptors (Lipinski definition) is 5. The molecule has 0 spiro atoms. The zero-order chi connectivity index (χ0) is 20.8. The Morgan fingerprint density at radius 1 is 1.23 bits per heavy atom. The smallest absolute Gasteiger partial charge is 0.268 e. The molecule has 0 fully saturated rings. The summed E-state index contributed by atoms with van der Waals surface area (Å²) in [5.74, 6) is 2.91. The molecule has 5 rings (SSSR count). The van der Waals surface area contributed by atoms with Gasteiger partial charge in [0.05, 0.1) is 11.1 Å². The molecule has 30 heavy (non-hydrogen) atoms. The van der Waals surface area contributed by atoms with Crippen molar-refractivity contribution >= 4 is 39.1 Å². The van der Waals surface area contributed by atoms with E-state index in [9.17, 15) is 4.79 Å². The summed E-state index contributed by atoms with van der Waals surface area (Å²) in [5.41, 5.74) is 2.11. The second-order valence-corrected chi connectivity index (χ2v) is 10.8. The number of nitrogens with zero attached hydrogens (tertiary/aromatic N) is 4. The van der Waals surface area contributed by atoms with Crippen LogP contribution >= 0.6 is 23.1 Å². The van der Waals surface area contributed by atoms with Crippen molar-refractivity contribution in [3.8, 4) is 5.69 Å². The van der Waals surface area contributed by atoms with Gasteiger partial charge in [0, 0.05) is 10.6 Å². The van der Waals surface area contributed by atoms with E-state index in [1.54, 1.807) is 27.7 Å². The molecule has 1 aromatic carbocycles. The van der Waals surface area contributed by atoms with Gasteiger partial charge in [-0.1, -0.05) is 50.7 Å². The summed E-state index contributed by atoms with van der Waals surface area (Å²) in [7, 11) is 0. The van der Waals surface area contributed by atoms with Crippen molar-refractivity contribution in [3.63, 3.8) is 0 Å². The minimum atomic E-state index is 0.0295. The zero-order valence-electron chi connectivity index (χ0n) is 17.6. The molecule has 0 radical (unpaired) electrons. The molecule has 0 saturated carbocycles. The molecule has 0 N–H and O–H groups in total. The van der Waals surface area contributed by atoms with Crippen LogP contribution < -0.4 is 5.56 Å². The summed E-state index contributed by atoms with van der Waals surface area (Å²) < 4.78 is 3.87. The number of para-hydroxylation sites is 1. The first-order valence-electron chi connectivity index (χ1n) is 10.7. The minimum absolute atomic E-state index is 0.0295. The highest BCUT2D eigenvalue weighted by Crippen LogP contribution is 2.38. The predicted octanol–water partition coefficient (Wildman–Crippen LogP) is 5.36. The van der Waals surface area contributed by atoms with Gasteiger partial charge < -0.3 is 0 Å². The molecule has 7 heteroatoms. The van der Waals surface area contributed by atoms with Crippen LogP contribution in [0.25, 0.3) is 21.7 Å². The number of thiophene rings is 1. The van der Waals surface area contributed by atoms with E-state index in [-0.39, 0.29) is 5.56 Å². The summed E-state index contributed by atoms with van der Waals surface area (Å²) in [6.07, 6.45) is 4.29. The molecule has 1 aliphatic carbocycles. The Hall–Kier alpha value is -2.12. The quantitative estimate of drug-likeness (QED) is 0.394. The number of rotatable bonds is 5. The second kappa shape index (κ2) is 7.85. The van der Waals surface area contributed by atoms with Crippen molar-refractivity contribution in [3.05, 3.63) is 51.1 Å². The highest BCUT2D eigenvalue weighted by molar-refractivity contribution is 7.99. The number of hydrogen-bond donors (Lipinski definition) is 0. The van der Waals surface area contributed by atoms with Crippen LogP contribution in [0.2, 0.25) is 0 Å². The Kier molecular flexibility index (Phi) is 5.19. The van der Waals surface area contributed by atoms with Crippen molar-refractivity contribution in [2.45, 2.75) is 51.6 Å². The maximum atomic E-state index is 13.8. The van der Waals surface area contributed by atoms with Crippen molar-refractivity contribution in [1.29, 1.82) is 0 Å². The molecule has 3 heterocycles. The van der Waals surface area contributed by atoms with Crippen LogP contribution in [0.15, 0.2) is 40.3 Å². The Balaban J connectivity index is 1.80. The lowest BCUT2D eigenvalue weighted by Crippen LogP contribution is -2.22. The number of benzene rings is 1. The van der Waals surface area contributed by atoms with Crippen molar-refractivity contribution in [2.24, 2.45) is 11.8 Å². The highest BCUT2D eigenvalue weighted by Gasteiger charge is 2.27. The van der Waals surface area contributed by atoms with Gasteiger partial charge in [0.2, 0.25) is 5.78 Å². The first-order valence-corrected chi connectivity index (χ1v) is 12.5. The SMILES string of the molecule is CC(C)CCSc1nnc2n(-c3ccccc3)c(=O)c3c4c(sc3n12)C[C@@H](C)CC4. The van der Waals surface area contributed by atoms with Gasteiger partial charge in [0.15, 0.2) is 5.16 Å². The maximum Gasteiger partial charge on any atom is 0.268 e. The fourth-order valence-electron chi connectivity index (χ4n) is 4.19. The van der Waals surface area contributed by atoms with Crippen LogP contribution in [-0.4, -0.2) is 24.9 Å². The summed E-state index contributed by atoms with van der Waals surface area (Å²) >= 11 is 3.50. The van der Waals surface area contributed by atoms with Gasteiger partial charge in [-0.2, -0.15) is 0 Å². The Bertz CT molecular complexity index is 1270. The summed E-state index contributed by atoms with van der Waals surface area (Å²) in [6.45, 7) is 6.78. The standard InChI is InChI=1S/C23H26N4OS2/c1-14(2)11-12-29-23-25-24-22-26(16-7-5-4-6-8-16)20(28)19-17-10-9-15(3)13-18(17)30-21(19)27(22)23/h4-8,14-15H,9-13H2,1-3H3/t15-/m0/s1. The Labute approximate surface area is 184 Å². The van der Waals surface area contributed by atoms with E-state index < -0.39 is 0 Å². The first kappa shape index (κ1) is 19.8. The lowest BCUT2D eigenvalue weighted by Gasteiger charge is -2.17. The summed E-state index contributed by atoms with van der Waals surface area (Å²) in [4.78, 5) is 16.1. The van der Waals surface area contributed by atoms with E-state index >= 15 is 0 Å². The molecule has 4 aromatic rings. The average molecular weight is 439 g/mol. The van der Waals surface area contributed by atoms with Crippen molar-refractivity contribution < 1.29 is 0 Å². The van der Waals surface area contributed by atoms with Crippen LogP contribution in [-0.2, 0) is 12.8 Å². The largest absolute Gasteiger partial charge is 0.268 e. The first-order chi connectivity index (χ1) is 14.5. The summed E-state index contributed by atoms with van der Waals surface area (Å²) in [5, 5.41) is 10.7. The summed E-state index contributed by atoms with van der Waals surface area (Å²) in [6, 6.07) is 9.82. The lowest BCUT2D eigenvalue weighted by molar-refractivity contribution is 0.509. The third kappa shape index (κ3) is 3.28. The third-order valence-electron chi connectivity index (χ3n) is 5.87. The van der Waals surface area contributed by atoms with Crippen LogP contribution in [0.4, 0.5) is 0 Å². The molecule has 0 aliphatic heterocycles. The average Bonchev–Trinajstić information content (AvgIpc) is 3.30. The van der Waals surface area contributed by atoms with Gasteiger partial charge in [-0.3, -0.25) is 4.79 Å². The maximum absolute atomic E-state index is 13.8. The fraction of sp³-hybridized carbons (Fsp3) is 0.435. The van der Waals surface area contributed by atoms with Crippen LogP contribution in [0, 0.1) is 11.8 Å². The molecular formula is C23H26N4OS2. The minimum Gasteiger partial charge on any atom is -0.268 e. The number of aryl methyl sites for hydroxylation is 1. The van der Waals surface area contributed by atoms with E-state index in [0.29, 0.717) is 17.6 Å². The van der Waals surface area contributed by atoms with E-state index in [1.807, 2.05) is 30.3 Å². The second-order valence-electron chi connectivity index (χ2n) is 8.66. The van der Waals surface area contributed by atoms with Crippen LogP contribution in [0.1, 0.15) is 44.1 Å². The van der Waals surface area contributed by atoms with Gasteiger partial charge in [-0.25, -0.2) is 8.97 Å². The van der Waals surface area contributed by atoms with Gasteiger partial charge >= 0.3 is 0 Å². The molecule has 0 bridgehead atoms. The topological polar surface area (TPSA) is 52.2 Å². The van der Waals surface area contributed by atoms with Crippen LogP contribution in [0.3, 0.4) is 0 Å². The van der Waals surface area contributed by atoms with Crippen molar-refractivity contribution in [1.82, 2.24) is 19.2 Å². The van der Waals surface area contributed by atoms with E-state index in [2.05, 4.69) is 35.4 Å². The Morgan fingerprint density at radius 2 is 2.03 bits per heavy atom. The fourth-order valence-corrected chi connectivity index (χ4v) is 6.92. The van der Waals surface area contributed by atoms with E-state index in [0.717, 1.165) is 52.5 Å². The molecular weight excluding hydrogens is 412 g/mol. The number of thioether (sulfide) groups is 1. The van der Waals surface area contributed by atoms with Crippen LogP contribution in [0.5, 0.6) is 0 Å². The third-order valence-corrected chi connectivity index (χ3v) is 8.07. The lowest BCUT2D eigenvalue weighted by atomic mass is 9.89. The molecule has 0 saturated heterocycles. The Morgan fingerprint density at radius 3 is 2.80 bits per heavy atom.